The van der Waals surface area contributed by atoms with Crippen LogP contribution in [-0.2, 0) is 6.54 Å². The normalized spacial score (nSPS) is 10.5. The Morgan fingerprint density at radius 2 is 2.07 bits per heavy atom. The Hall–Kier alpha value is -1.23. The minimum Gasteiger partial charge on any atom is -0.316 e. The lowest BCUT2D eigenvalue weighted by atomic mass is 10.1. The lowest BCUT2D eigenvalue weighted by molar-refractivity contribution is 0.161. The monoisotopic (exact) mass is 220 g/mol. The summed E-state index contributed by atoms with van der Waals surface area (Å²) < 4.78 is 0. The van der Waals surface area contributed by atoms with Gasteiger partial charge in [-0.3, -0.25) is 0 Å². The first kappa shape index (κ1) is 10.3. The Labute approximate surface area is 92.4 Å². The highest BCUT2D eigenvalue weighted by molar-refractivity contribution is 7.13. The van der Waals surface area contributed by atoms with E-state index in [1.54, 1.807) is 11.3 Å². The van der Waals surface area contributed by atoms with Gasteiger partial charge in [-0.1, -0.05) is 24.3 Å². The van der Waals surface area contributed by atoms with Gasteiger partial charge in [0.05, 0.1) is 16.1 Å². The van der Waals surface area contributed by atoms with Crippen molar-refractivity contribution in [2.45, 2.75) is 13.5 Å². The highest BCUT2D eigenvalue weighted by Crippen LogP contribution is 2.26. The number of benzene rings is 1. The second kappa shape index (κ2) is 4.53. The van der Waals surface area contributed by atoms with Crippen molar-refractivity contribution in [3.8, 4) is 10.4 Å². The molecule has 1 aromatic carbocycles. The molecule has 3 nitrogen and oxygen atoms in total. The molecule has 2 aromatic rings. The number of aryl methyl sites for hydroxylation is 1. The molecule has 78 valence electrons. The summed E-state index contributed by atoms with van der Waals surface area (Å²) in [6, 6.07) is 8.09. The Morgan fingerprint density at radius 3 is 2.60 bits per heavy atom. The predicted molar refractivity (Wildman–Crippen MR) is 60.9 cm³/mol. The number of hydroxylamine groups is 1. The smallest absolute Gasteiger partial charge is 0.0801 e. The maximum atomic E-state index is 8.56. The standard InChI is InChI=1S/C11H12N2OS/c1-8-11(15-7-12-8)10-4-2-9(3-5-10)6-13-14/h2-5,7,13-14H,6H2,1H3. The van der Waals surface area contributed by atoms with E-state index >= 15 is 0 Å². The molecule has 2 N–H and O–H groups in total. The van der Waals surface area contributed by atoms with Gasteiger partial charge in [-0.15, -0.1) is 11.3 Å². The summed E-state index contributed by atoms with van der Waals surface area (Å²) >= 11 is 1.65. The molecule has 1 heterocycles. The Balaban J connectivity index is 2.28. The average molecular weight is 220 g/mol. The van der Waals surface area contributed by atoms with Gasteiger partial charge in [-0.05, 0) is 18.1 Å². The molecule has 15 heavy (non-hydrogen) atoms. The molecule has 0 radical (unpaired) electrons. The number of hydrogen-bond donors (Lipinski definition) is 2. The van der Waals surface area contributed by atoms with Gasteiger partial charge >= 0.3 is 0 Å². The summed E-state index contributed by atoms with van der Waals surface area (Å²) in [6.45, 7) is 2.48. The quantitative estimate of drug-likeness (QED) is 0.781. The van der Waals surface area contributed by atoms with E-state index in [0.717, 1.165) is 11.3 Å². The zero-order valence-corrected chi connectivity index (χ0v) is 9.21. The second-order valence-electron chi connectivity index (χ2n) is 3.30. The first-order valence-corrected chi connectivity index (χ1v) is 5.55. The van der Waals surface area contributed by atoms with Crippen molar-refractivity contribution < 1.29 is 5.21 Å². The maximum Gasteiger partial charge on any atom is 0.0801 e. The molecule has 0 saturated carbocycles. The van der Waals surface area contributed by atoms with Crippen LogP contribution in [0.15, 0.2) is 29.8 Å². The van der Waals surface area contributed by atoms with Crippen molar-refractivity contribution in [3.63, 3.8) is 0 Å². The van der Waals surface area contributed by atoms with Crippen molar-refractivity contribution in [1.82, 2.24) is 10.5 Å². The van der Waals surface area contributed by atoms with Crippen LogP contribution in [0.4, 0.5) is 0 Å². The lowest BCUT2D eigenvalue weighted by Crippen LogP contribution is -2.05. The van der Waals surface area contributed by atoms with Gasteiger partial charge in [-0.25, -0.2) is 10.5 Å². The largest absolute Gasteiger partial charge is 0.316 e. The van der Waals surface area contributed by atoms with Gasteiger partial charge in [0.15, 0.2) is 0 Å². The molecule has 0 atom stereocenters. The maximum absolute atomic E-state index is 8.56. The molecule has 2 rings (SSSR count). The highest BCUT2D eigenvalue weighted by atomic mass is 32.1. The van der Waals surface area contributed by atoms with Gasteiger partial charge in [-0.2, -0.15) is 0 Å². The minimum atomic E-state index is 0.474. The van der Waals surface area contributed by atoms with Gasteiger partial charge in [0.1, 0.15) is 0 Å². The summed E-state index contributed by atoms with van der Waals surface area (Å²) in [7, 11) is 0. The zero-order valence-electron chi connectivity index (χ0n) is 8.40. The van der Waals surface area contributed by atoms with Crippen molar-refractivity contribution in [3.05, 3.63) is 41.0 Å². The Kier molecular flexibility index (Phi) is 3.11. The average Bonchev–Trinajstić information content (AvgIpc) is 2.66. The van der Waals surface area contributed by atoms with E-state index in [-0.39, 0.29) is 0 Å². The number of hydrogen-bond acceptors (Lipinski definition) is 4. The van der Waals surface area contributed by atoms with Crippen LogP contribution in [0.3, 0.4) is 0 Å². The number of nitrogens with one attached hydrogen (secondary N) is 1. The minimum absolute atomic E-state index is 0.474. The highest BCUT2D eigenvalue weighted by Gasteiger charge is 2.03. The summed E-state index contributed by atoms with van der Waals surface area (Å²) in [5.41, 5.74) is 7.29. The van der Waals surface area contributed by atoms with Gasteiger partial charge in [0.2, 0.25) is 0 Å². The number of rotatable bonds is 3. The van der Waals surface area contributed by atoms with E-state index in [1.807, 2.05) is 36.7 Å². The van der Waals surface area contributed by atoms with Crippen LogP contribution < -0.4 is 5.48 Å². The summed E-state index contributed by atoms with van der Waals surface area (Å²) in [5.74, 6) is 0. The van der Waals surface area contributed by atoms with Crippen LogP contribution in [0.5, 0.6) is 0 Å². The molecule has 0 aliphatic rings. The molecular formula is C11H12N2OS. The molecule has 4 heteroatoms. The fourth-order valence-corrected chi connectivity index (χ4v) is 2.26. The zero-order chi connectivity index (χ0) is 10.7. The van der Waals surface area contributed by atoms with Crippen LogP contribution in [0.2, 0.25) is 0 Å². The molecule has 0 aliphatic carbocycles. The third-order valence-corrected chi connectivity index (χ3v) is 3.22. The summed E-state index contributed by atoms with van der Waals surface area (Å²) in [4.78, 5) is 5.42. The molecule has 0 bridgehead atoms. The van der Waals surface area contributed by atoms with Gasteiger partial charge in [0, 0.05) is 6.54 Å². The predicted octanol–water partition coefficient (Wildman–Crippen LogP) is 2.60. The van der Waals surface area contributed by atoms with E-state index in [2.05, 4.69) is 10.5 Å². The van der Waals surface area contributed by atoms with E-state index in [0.29, 0.717) is 6.54 Å². The second-order valence-corrected chi connectivity index (χ2v) is 4.15. The van der Waals surface area contributed by atoms with Crippen LogP contribution >= 0.6 is 11.3 Å². The molecular weight excluding hydrogens is 208 g/mol. The number of thiazole rings is 1. The van der Waals surface area contributed by atoms with Crippen molar-refractivity contribution in [1.29, 1.82) is 0 Å². The third-order valence-electron chi connectivity index (χ3n) is 2.24. The lowest BCUT2D eigenvalue weighted by Gasteiger charge is -2.02. The number of nitrogens with zero attached hydrogens (tertiary/aromatic N) is 1. The van der Waals surface area contributed by atoms with E-state index in [1.165, 1.54) is 10.4 Å². The molecule has 1 aromatic heterocycles. The topological polar surface area (TPSA) is 45.2 Å². The molecule has 0 spiro atoms. The van der Waals surface area contributed by atoms with Crippen LogP contribution in [0.1, 0.15) is 11.3 Å². The third kappa shape index (κ3) is 2.23. The van der Waals surface area contributed by atoms with Crippen molar-refractivity contribution in [2.24, 2.45) is 0 Å². The van der Waals surface area contributed by atoms with E-state index < -0.39 is 0 Å². The fourth-order valence-electron chi connectivity index (χ4n) is 1.44. The van der Waals surface area contributed by atoms with Crippen LogP contribution in [0.25, 0.3) is 10.4 Å². The number of aromatic nitrogens is 1. The molecule has 0 amide bonds. The van der Waals surface area contributed by atoms with E-state index in [4.69, 9.17) is 5.21 Å². The molecule has 0 aliphatic heterocycles. The summed E-state index contributed by atoms with van der Waals surface area (Å²) in [6.07, 6.45) is 0. The van der Waals surface area contributed by atoms with Gasteiger partial charge in [0.25, 0.3) is 0 Å². The SMILES string of the molecule is Cc1ncsc1-c1ccc(CNO)cc1. The molecule has 0 saturated heterocycles. The first-order valence-electron chi connectivity index (χ1n) is 4.67. The molecule has 0 fully saturated rings. The van der Waals surface area contributed by atoms with Gasteiger partial charge < -0.3 is 5.21 Å². The fraction of sp³-hybridized carbons (Fsp3) is 0.182. The van der Waals surface area contributed by atoms with Crippen molar-refractivity contribution in [2.75, 3.05) is 0 Å². The van der Waals surface area contributed by atoms with Crippen LogP contribution in [-0.4, -0.2) is 10.2 Å². The Bertz CT molecular complexity index is 436. The molecule has 0 unspecified atom stereocenters. The summed E-state index contributed by atoms with van der Waals surface area (Å²) in [5, 5.41) is 8.56. The van der Waals surface area contributed by atoms with Crippen LogP contribution in [0, 0.1) is 6.92 Å². The first-order chi connectivity index (χ1) is 7.31. The Morgan fingerprint density at radius 1 is 1.33 bits per heavy atom. The van der Waals surface area contributed by atoms with Crippen molar-refractivity contribution >= 4 is 11.3 Å². The van der Waals surface area contributed by atoms with E-state index in [9.17, 15) is 0 Å².